The lowest BCUT2D eigenvalue weighted by atomic mass is 9.98. The van der Waals surface area contributed by atoms with E-state index in [1.807, 2.05) is 24.0 Å². The van der Waals surface area contributed by atoms with Crippen molar-refractivity contribution < 1.29 is 0 Å². The zero-order valence-corrected chi connectivity index (χ0v) is 11.6. The molecule has 0 bridgehead atoms. The molecule has 5 heteroatoms. The smallest absolute Gasteiger partial charge is 0.144 e. The van der Waals surface area contributed by atoms with Crippen molar-refractivity contribution in [1.29, 1.82) is 0 Å². The number of hydrogen-bond acceptors (Lipinski definition) is 4. The average molecular weight is 262 g/mol. The molecule has 4 nitrogen and oxygen atoms in total. The Morgan fingerprint density at radius 2 is 2.44 bits per heavy atom. The first-order valence-corrected chi connectivity index (χ1v) is 7.32. The highest BCUT2D eigenvalue weighted by molar-refractivity contribution is 7.15. The maximum Gasteiger partial charge on any atom is 0.144 e. The fraction of sp³-hybridized carbons (Fsp3) is 0.538. The van der Waals surface area contributed by atoms with Crippen LogP contribution < -0.4 is 5.32 Å². The summed E-state index contributed by atoms with van der Waals surface area (Å²) in [6, 6.07) is 2.47. The van der Waals surface area contributed by atoms with E-state index in [1.165, 1.54) is 29.8 Å². The summed E-state index contributed by atoms with van der Waals surface area (Å²) < 4.78 is 1.83. The van der Waals surface area contributed by atoms with Crippen LogP contribution in [0.2, 0.25) is 0 Å². The van der Waals surface area contributed by atoms with Gasteiger partial charge in [0.25, 0.3) is 0 Å². The highest BCUT2D eigenvalue weighted by atomic mass is 32.1. The summed E-state index contributed by atoms with van der Waals surface area (Å²) in [4.78, 5) is 6.25. The highest BCUT2D eigenvalue weighted by Gasteiger charge is 2.24. The fourth-order valence-electron chi connectivity index (χ4n) is 2.50. The second-order valence-corrected chi connectivity index (χ2v) is 5.79. The molecule has 0 saturated carbocycles. The van der Waals surface area contributed by atoms with Gasteiger partial charge < -0.3 is 5.32 Å². The number of fused-ring (bicyclic) bond motifs is 1. The van der Waals surface area contributed by atoms with E-state index in [0.29, 0.717) is 6.04 Å². The van der Waals surface area contributed by atoms with Gasteiger partial charge in [-0.25, -0.2) is 4.98 Å². The van der Waals surface area contributed by atoms with Crippen molar-refractivity contribution in [1.82, 2.24) is 20.1 Å². The summed E-state index contributed by atoms with van der Waals surface area (Å²) in [5.74, 6) is 0. The molecule has 2 heterocycles. The maximum absolute atomic E-state index is 4.81. The predicted octanol–water partition coefficient (Wildman–Crippen LogP) is 2.53. The van der Waals surface area contributed by atoms with E-state index >= 15 is 0 Å². The van der Waals surface area contributed by atoms with Crippen molar-refractivity contribution in [2.75, 3.05) is 6.54 Å². The Kier molecular flexibility index (Phi) is 3.18. The Labute approximate surface area is 111 Å². The van der Waals surface area contributed by atoms with Gasteiger partial charge in [0, 0.05) is 18.1 Å². The third kappa shape index (κ3) is 2.08. The minimum Gasteiger partial charge on any atom is -0.309 e. The Bertz CT molecular complexity index is 543. The first-order valence-electron chi connectivity index (χ1n) is 6.51. The van der Waals surface area contributed by atoms with Crippen LogP contribution in [0.25, 0.3) is 10.7 Å². The largest absolute Gasteiger partial charge is 0.309 e. The molecule has 0 radical (unpaired) electrons. The molecule has 0 aliphatic heterocycles. The highest BCUT2D eigenvalue weighted by Crippen LogP contribution is 2.36. The number of aromatic nitrogens is 3. The molecule has 3 rings (SSSR count). The van der Waals surface area contributed by atoms with Crippen LogP contribution in [-0.2, 0) is 13.5 Å². The molecule has 1 atom stereocenters. The van der Waals surface area contributed by atoms with E-state index in [4.69, 9.17) is 4.98 Å². The number of thiazole rings is 1. The van der Waals surface area contributed by atoms with Crippen molar-refractivity contribution in [2.24, 2.45) is 7.05 Å². The number of hydrogen-bond donors (Lipinski definition) is 1. The van der Waals surface area contributed by atoms with Crippen LogP contribution in [0.15, 0.2) is 12.3 Å². The molecule has 1 N–H and O–H groups in total. The molecule has 96 valence electrons. The maximum atomic E-state index is 4.81. The first-order chi connectivity index (χ1) is 8.78. The van der Waals surface area contributed by atoms with Crippen LogP contribution in [-0.4, -0.2) is 21.3 Å². The molecule has 2 aromatic rings. The third-order valence-electron chi connectivity index (χ3n) is 3.34. The van der Waals surface area contributed by atoms with E-state index in [0.717, 1.165) is 17.2 Å². The van der Waals surface area contributed by atoms with E-state index < -0.39 is 0 Å². The van der Waals surface area contributed by atoms with Crippen molar-refractivity contribution in [3.05, 3.63) is 22.8 Å². The summed E-state index contributed by atoms with van der Waals surface area (Å²) in [6.45, 7) is 3.15. The zero-order valence-electron chi connectivity index (χ0n) is 10.8. The van der Waals surface area contributed by atoms with Crippen LogP contribution >= 0.6 is 11.3 Å². The lowest BCUT2D eigenvalue weighted by Crippen LogP contribution is -2.24. The minimum absolute atomic E-state index is 0.437. The molecular formula is C13H18N4S. The van der Waals surface area contributed by atoms with Gasteiger partial charge >= 0.3 is 0 Å². The van der Waals surface area contributed by atoms with Crippen LogP contribution in [0.1, 0.15) is 36.4 Å². The van der Waals surface area contributed by atoms with Gasteiger partial charge in [0.15, 0.2) is 0 Å². The number of nitrogens with one attached hydrogen (secondary N) is 1. The van der Waals surface area contributed by atoms with Crippen LogP contribution in [0.5, 0.6) is 0 Å². The van der Waals surface area contributed by atoms with Crippen molar-refractivity contribution in [3.8, 4) is 10.7 Å². The summed E-state index contributed by atoms with van der Waals surface area (Å²) in [7, 11) is 1.94. The fourth-order valence-corrected chi connectivity index (χ4v) is 3.63. The molecule has 0 saturated heterocycles. The van der Waals surface area contributed by atoms with Gasteiger partial charge in [0.05, 0.1) is 11.7 Å². The second kappa shape index (κ2) is 4.82. The van der Waals surface area contributed by atoms with Gasteiger partial charge in [-0.3, -0.25) is 4.68 Å². The molecule has 1 unspecified atom stereocenters. The Balaban J connectivity index is 1.95. The van der Waals surface area contributed by atoms with Gasteiger partial charge in [-0.05, 0) is 31.9 Å². The summed E-state index contributed by atoms with van der Waals surface area (Å²) in [6.07, 6.45) is 5.60. The lowest BCUT2D eigenvalue weighted by Gasteiger charge is -2.21. The number of nitrogens with zero attached hydrogens (tertiary/aromatic N) is 3. The summed E-state index contributed by atoms with van der Waals surface area (Å²) in [5.41, 5.74) is 2.25. The lowest BCUT2D eigenvalue weighted by molar-refractivity contribution is 0.465. The number of rotatable bonds is 3. The normalized spacial score (nSPS) is 18.9. The van der Waals surface area contributed by atoms with Gasteiger partial charge in [0.1, 0.15) is 10.7 Å². The van der Waals surface area contributed by atoms with Gasteiger partial charge in [-0.15, -0.1) is 11.3 Å². The van der Waals surface area contributed by atoms with E-state index in [1.54, 1.807) is 11.3 Å². The average Bonchev–Trinajstić information content (AvgIpc) is 2.95. The molecule has 0 aromatic carbocycles. The Hall–Kier alpha value is -1.20. The standard InChI is InChI=1S/C13H18N4S/c1-3-14-9-5-4-6-11-12(9)15-13(18-11)10-7-8-17(2)16-10/h7-9,14H,3-6H2,1-2H3. The molecule has 0 amide bonds. The monoisotopic (exact) mass is 262 g/mol. The summed E-state index contributed by atoms with van der Waals surface area (Å²) in [5, 5.41) is 9.03. The van der Waals surface area contributed by atoms with Gasteiger partial charge in [-0.2, -0.15) is 5.10 Å². The Morgan fingerprint density at radius 1 is 1.56 bits per heavy atom. The quantitative estimate of drug-likeness (QED) is 0.924. The second-order valence-electron chi connectivity index (χ2n) is 4.70. The van der Waals surface area contributed by atoms with Crippen molar-refractivity contribution >= 4 is 11.3 Å². The molecule has 1 aliphatic rings. The zero-order chi connectivity index (χ0) is 12.5. The van der Waals surface area contributed by atoms with Crippen LogP contribution in [0, 0.1) is 0 Å². The van der Waals surface area contributed by atoms with Crippen molar-refractivity contribution in [3.63, 3.8) is 0 Å². The van der Waals surface area contributed by atoms with Crippen molar-refractivity contribution in [2.45, 2.75) is 32.2 Å². The molecule has 0 spiro atoms. The van der Waals surface area contributed by atoms with Gasteiger partial charge in [0.2, 0.25) is 0 Å². The molecule has 18 heavy (non-hydrogen) atoms. The topological polar surface area (TPSA) is 42.7 Å². The van der Waals surface area contributed by atoms with Crippen LogP contribution in [0.4, 0.5) is 0 Å². The molecule has 0 fully saturated rings. The SMILES string of the molecule is CCNC1CCCc2sc(-c3ccn(C)n3)nc21. The Morgan fingerprint density at radius 3 is 3.17 bits per heavy atom. The predicted molar refractivity (Wildman–Crippen MR) is 73.7 cm³/mol. The minimum atomic E-state index is 0.437. The summed E-state index contributed by atoms with van der Waals surface area (Å²) >= 11 is 1.80. The third-order valence-corrected chi connectivity index (χ3v) is 4.49. The van der Waals surface area contributed by atoms with E-state index in [9.17, 15) is 0 Å². The molecule has 2 aromatic heterocycles. The van der Waals surface area contributed by atoms with E-state index in [2.05, 4.69) is 17.3 Å². The van der Waals surface area contributed by atoms with Gasteiger partial charge in [-0.1, -0.05) is 6.92 Å². The molecule has 1 aliphatic carbocycles. The first kappa shape index (κ1) is 11.9. The van der Waals surface area contributed by atoms with Crippen LogP contribution in [0.3, 0.4) is 0 Å². The molecular weight excluding hydrogens is 244 g/mol. The van der Waals surface area contributed by atoms with E-state index in [-0.39, 0.29) is 0 Å². The number of aryl methyl sites for hydroxylation is 2.